The molecule has 3 aromatic carbocycles. The van der Waals surface area contributed by atoms with Crippen molar-refractivity contribution >= 4 is 23.3 Å². The molecule has 7 heteroatoms. The van der Waals surface area contributed by atoms with Crippen molar-refractivity contribution in [1.82, 2.24) is 9.47 Å². The highest BCUT2D eigenvalue weighted by atomic mass is 16.5. The summed E-state index contributed by atoms with van der Waals surface area (Å²) in [5.41, 5.74) is 4.33. The molecule has 1 unspecified atom stereocenters. The van der Waals surface area contributed by atoms with Crippen molar-refractivity contribution < 1.29 is 14.3 Å². The van der Waals surface area contributed by atoms with Gasteiger partial charge in [0.25, 0.3) is 0 Å². The van der Waals surface area contributed by atoms with Crippen molar-refractivity contribution in [3.8, 4) is 11.4 Å². The molecule has 0 fully saturated rings. The number of benzene rings is 3. The van der Waals surface area contributed by atoms with Crippen LogP contribution in [0.4, 0.5) is 16.2 Å². The molecule has 3 amide bonds. The van der Waals surface area contributed by atoms with Gasteiger partial charge in [-0.05, 0) is 48.4 Å². The highest BCUT2D eigenvalue weighted by Crippen LogP contribution is 2.42. The van der Waals surface area contributed by atoms with E-state index in [-0.39, 0.29) is 24.5 Å². The Morgan fingerprint density at radius 3 is 2.37 bits per heavy atom. The first kappa shape index (κ1) is 25.1. The predicted octanol–water partition coefficient (Wildman–Crippen LogP) is 6.26. The van der Waals surface area contributed by atoms with E-state index >= 15 is 0 Å². The fraction of sp³-hybridized carbons (Fsp3) is 0.226. The van der Waals surface area contributed by atoms with Gasteiger partial charge in [0, 0.05) is 12.7 Å². The van der Waals surface area contributed by atoms with Crippen LogP contribution >= 0.6 is 0 Å². The molecule has 1 atom stereocenters. The number of fused-ring (bicyclic) bond motifs is 3. The van der Waals surface area contributed by atoms with Crippen LogP contribution in [0.1, 0.15) is 37.1 Å². The highest BCUT2D eigenvalue weighted by Gasteiger charge is 2.36. The van der Waals surface area contributed by atoms with Crippen LogP contribution in [0.5, 0.6) is 5.75 Å². The van der Waals surface area contributed by atoms with Crippen LogP contribution in [0.2, 0.25) is 0 Å². The number of hydrogen-bond donors (Lipinski definition) is 1. The van der Waals surface area contributed by atoms with Crippen molar-refractivity contribution in [3.63, 3.8) is 0 Å². The minimum Gasteiger partial charge on any atom is -0.495 e. The molecule has 1 N–H and O–H groups in total. The minimum atomic E-state index is -0.332. The number of hydrogen-bond acceptors (Lipinski definition) is 3. The average Bonchev–Trinajstić information content (AvgIpc) is 3.45. The van der Waals surface area contributed by atoms with Gasteiger partial charge in [-0.3, -0.25) is 9.69 Å². The maximum atomic E-state index is 14.2. The molecule has 1 aliphatic rings. The fourth-order valence-corrected chi connectivity index (χ4v) is 5.00. The van der Waals surface area contributed by atoms with Crippen molar-refractivity contribution in [2.45, 2.75) is 25.8 Å². The molecular weight excluding hydrogens is 476 g/mol. The molecule has 194 valence electrons. The summed E-state index contributed by atoms with van der Waals surface area (Å²) in [4.78, 5) is 31.1. The third-order valence-electron chi connectivity index (χ3n) is 6.85. The van der Waals surface area contributed by atoms with Gasteiger partial charge in [-0.1, -0.05) is 67.9 Å². The van der Waals surface area contributed by atoms with Crippen LogP contribution in [0.3, 0.4) is 0 Å². The maximum absolute atomic E-state index is 14.2. The number of aromatic nitrogens is 1. The van der Waals surface area contributed by atoms with Gasteiger partial charge in [-0.25, -0.2) is 4.79 Å². The number of carbonyl (C=O) groups excluding carboxylic acids is 2. The second-order valence-electron chi connectivity index (χ2n) is 9.27. The van der Waals surface area contributed by atoms with Crippen LogP contribution in [0.15, 0.2) is 97.2 Å². The van der Waals surface area contributed by atoms with E-state index < -0.39 is 0 Å². The molecule has 0 spiro atoms. The van der Waals surface area contributed by atoms with Gasteiger partial charge >= 0.3 is 6.03 Å². The summed E-state index contributed by atoms with van der Waals surface area (Å²) in [7, 11) is 1.57. The lowest BCUT2D eigenvalue weighted by atomic mass is 9.97. The standard InChI is InChI=1S/C31H32N4O3/c1-3-4-20-33(31(37)32-24-15-8-11-19-28(24)38-2)22-29(36)35-26-17-10-9-16-25(26)34-21-12-18-27(34)30(35)23-13-6-5-7-14-23/h5-19,21,30H,3-4,20,22H2,1-2H3,(H,32,37). The summed E-state index contributed by atoms with van der Waals surface area (Å²) in [5.74, 6) is 0.419. The Morgan fingerprint density at radius 2 is 1.61 bits per heavy atom. The Labute approximate surface area is 223 Å². The first-order valence-corrected chi connectivity index (χ1v) is 12.9. The smallest absolute Gasteiger partial charge is 0.322 e. The van der Waals surface area contributed by atoms with Crippen LogP contribution in [0.25, 0.3) is 5.69 Å². The van der Waals surface area contributed by atoms with E-state index in [2.05, 4.69) is 22.9 Å². The molecule has 5 rings (SSSR count). The topological polar surface area (TPSA) is 66.8 Å². The number of amides is 3. The summed E-state index contributed by atoms with van der Waals surface area (Å²) in [6.07, 6.45) is 3.72. The van der Waals surface area contributed by atoms with Gasteiger partial charge in [0.2, 0.25) is 5.91 Å². The number of ether oxygens (including phenoxy) is 1. The lowest BCUT2D eigenvalue weighted by Gasteiger charge is -2.39. The quantitative estimate of drug-likeness (QED) is 0.306. The number of urea groups is 1. The lowest BCUT2D eigenvalue weighted by Crippen LogP contribution is -2.48. The molecule has 2 heterocycles. The van der Waals surface area contributed by atoms with Gasteiger partial charge in [0.1, 0.15) is 18.3 Å². The average molecular weight is 509 g/mol. The number of nitrogens with one attached hydrogen (secondary N) is 1. The monoisotopic (exact) mass is 508 g/mol. The van der Waals surface area contributed by atoms with E-state index in [1.54, 1.807) is 24.1 Å². The third-order valence-corrected chi connectivity index (χ3v) is 6.85. The van der Waals surface area contributed by atoms with Gasteiger partial charge in [-0.2, -0.15) is 0 Å². The molecular formula is C31H32N4O3. The van der Waals surface area contributed by atoms with E-state index in [0.717, 1.165) is 35.5 Å². The van der Waals surface area contributed by atoms with Gasteiger partial charge < -0.3 is 19.5 Å². The van der Waals surface area contributed by atoms with Crippen LogP contribution in [-0.4, -0.2) is 41.6 Å². The zero-order chi connectivity index (χ0) is 26.5. The summed E-state index contributed by atoms with van der Waals surface area (Å²) in [5, 5.41) is 2.94. The number of anilines is 2. The second-order valence-corrected chi connectivity index (χ2v) is 9.27. The molecule has 38 heavy (non-hydrogen) atoms. The van der Waals surface area contributed by atoms with Crippen molar-refractivity contribution in [2.75, 3.05) is 30.4 Å². The number of rotatable bonds is 8. The minimum absolute atomic E-state index is 0.0562. The lowest BCUT2D eigenvalue weighted by molar-refractivity contribution is -0.119. The molecule has 0 bridgehead atoms. The van der Waals surface area contributed by atoms with Gasteiger partial charge in [-0.15, -0.1) is 0 Å². The van der Waals surface area contributed by atoms with Crippen LogP contribution in [-0.2, 0) is 4.79 Å². The molecule has 0 radical (unpaired) electrons. The Morgan fingerprint density at radius 1 is 0.895 bits per heavy atom. The zero-order valence-corrected chi connectivity index (χ0v) is 21.7. The molecule has 1 aromatic heterocycles. The van der Waals surface area contributed by atoms with Gasteiger partial charge in [0.15, 0.2) is 0 Å². The largest absolute Gasteiger partial charge is 0.495 e. The zero-order valence-electron chi connectivity index (χ0n) is 21.7. The van der Waals surface area contributed by atoms with Crippen LogP contribution in [0, 0.1) is 0 Å². The van der Waals surface area contributed by atoms with E-state index in [1.807, 2.05) is 83.9 Å². The molecule has 7 nitrogen and oxygen atoms in total. The number of unbranched alkanes of at least 4 members (excludes halogenated alkanes) is 1. The summed E-state index contributed by atoms with van der Waals surface area (Å²) in [6, 6.07) is 28.6. The highest BCUT2D eigenvalue weighted by molar-refractivity contribution is 6.01. The van der Waals surface area contributed by atoms with Gasteiger partial charge in [0.05, 0.1) is 29.9 Å². The van der Waals surface area contributed by atoms with Crippen molar-refractivity contribution in [3.05, 3.63) is 108 Å². The van der Waals surface area contributed by atoms with E-state index in [0.29, 0.717) is 18.0 Å². The molecule has 0 aliphatic carbocycles. The number of carbonyl (C=O) groups is 2. The SMILES string of the molecule is CCCCN(CC(=O)N1c2ccccc2-n2cccc2C1c1ccccc1)C(=O)Nc1ccccc1OC. The first-order chi connectivity index (χ1) is 18.6. The Kier molecular flexibility index (Phi) is 7.45. The second kappa shape index (κ2) is 11.3. The van der Waals surface area contributed by atoms with Crippen LogP contribution < -0.4 is 15.0 Å². The number of para-hydroxylation sites is 4. The summed E-state index contributed by atoms with van der Waals surface area (Å²) in [6.45, 7) is 2.48. The molecule has 1 aliphatic heterocycles. The van der Waals surface area contributed by atoms with Crippen molar-refractivity contribution in [1.29, 1.82) is 0 Å². The summed E-state index contributed by atoms with van der Waals surface area (Å²) >= 11 is 0. The fourth-order valence-electron chi connectivity index (χ4n) is 5.00. The molecule has 0 saturated heterocycles. The molecule has 0 saturated carbocycles. The van der Waals surface area contributed by atoms with Crippen molar-refractivity contribution in [2.24, 2.45) is 0 Å². The van der Waals surface area contributed by atoms with E-state index in [1.165, 1.54) is 0 Å². The maximum Gasteiger partial charge on any atom is 0.322 e. The van der Waals surface area contributed by atoms with E-state index in [9.17, 15) is 9.59 Å². The molecule has 4 aromatic rings. The van der Waals surface area contributed by atoms with E-state index in [4.69, 9.17) is 4.74 Å². The Balaban J connectivity index is 1.49. The Hall–Kier alpha value is -4.52. The first-order valence-electron chi connectivity index (χ1n) is 12.9. The Bertz CT molecular complexity index is 1420. The normalized spacial score (nSPS) is 13.8. The number of nitrogens with zero attached hydrogens (tertiary/aromatic N) is 3. The summed E-state index contributed by atoms with van der Waals surface area (Å²) < 4.78 is 7.54. The third kappa shape index (κ3) is 4.87. The predicted molar refractivity (Wildman–Crippen MR) is 150 cm³/mol. The number of methoxy groups -OCH3 is 1.